The third-order valence-electron chi connectivity index (χ3n) is 2.66. The van der Waals surface area contributed by atoms with Gasteiger partial charge in [-0.2, -0.15) is 0 Å². The van der Waals surface area contributed by atoms with Crippen molar-refractivity contribution in [3.8, 4) is 0 Å². The molecule has 2 nitrogen and oxygen atoms in total. The summed E-state index contributed by atoms with van der Waals surface area (Å²) < 4.78 is 0.999. The zero-order valence-electron chi connectivity index (χ0n) is 9.83. The summed E-state index contributed by atoms with van der Waals surface area (Å²) in [6.07, 6.45) is 1.79. The molecule has 92 valence electrons. The fourth-order valence-corrected chi connectivity index (χ4v) is 2.05. The first-order chi connectivity index (χ1) is 8.81. The minimum atomic E-state index is -0.210. The molecular weight excluding hydrogens is 290 g/mol. The van der Waals surface area contributed by atoms with E-state index in [2.05, 4.69) is 20.9 Å². The molecule has 1 atom stereocenters. The van der Waals surface area contributed by atoms with Crippen molar-refractivity contribution in [3.63, 3.8) is 0 Å². The van der Waals surface area contributed by atoms with E-state index in [1.807, 2.05) is 54.6 Å². The van der Waals surface area contributed by atoms with E-state index in [0.29, 0.717) is 0 Å². The molecule has 0 bridgehead atoms. The summed E-state index contributed by atoms with van der Waals surface area (Å²) in [4.78, 5) is 4.44. The van der Waals surface area contributed by atoms with Crippen molar-refractivity contribution >= 4 is 22.1 Å². The lowest BCUT2D eigenvalue weighted by Gasteiger charge is -2.09. The minimum Gasteiger partial charge on any atom is -0.394 e. The predicted octanol–water partition coefficient (Wildman–Crippen LogP) is 3.60. The Balaban J connectivity index is 2.19. The number of benzene rings is 2. The summed E-state index contributed by atoms with van der Waals surface area (Å²) in [5, 5.41) is 9.40. The minimum absolute atomic E-state index is 0.00493. The molecule has 0 aliphatic carbocycles. The van der Waals surface area contributed by atoms with Gasteiger partial charge in [-0.25, -0.2) is 0 Å². The summed E-state index contributed by atoms with van der Waals surface area (Å²) in [7, 11) is 0. The number of aliphatic imine (C=N–C) groups is 1. The molecule has 3 heteroatoms. The Morgan fingerprint density at radius 3 is 2.39 bits per heavy atom. The van der Waals surface area contributed by atoms with Gasteiger partial charge < -0.3 is 5.11 Å². The van der Waals surface area contributed by atoms with Crippen LogP contribution >= 0.6 is 15.9 Å². The standard InChI is InChI=1S/C15H14BrNO/c16-14-9-5-4-8-13(14)10-17-15(11-18)12-6-2-1-3-7-12/h1-10,15,18H,11H2/t15-/m1/s1. The van der Waals surface area contributed by atoms with E-state index in [1.54, 1.807) is 6.21 Å². The highest BCUT2D eigenvalue weighted by atomic mass is 79.9. The summed E-state index contributed by atoms with van der Waals surface area (Å²) in [6.45, 7) is 0.00493. The lowest BCUT2D eigenvalue weighted by molar-refractivity contribution is 0.269. The van der Waals surface area contributed by atoms with Gasteiger partial charge in [-0.15, -0.1) is 0 Å². The van der Waals surface area contributed by atoms with Crippen molar-refractivity contribution in [1.29, 1.82) is 0 Å². The fraction of sp³-hybridized carbons (Fsp3) is 0.133. The molecule has 0 saturated heterocycles. The number of hydrogen-bond acceptors (Lipinski definition) is 2. The first-order valence-corrected chi connectivity index (χ1v) is 6.54. The van der Waals surface area contributed by atoms with Crippen LogP contribution < -0.4 is 0 Å². The lowest BCUT2D eigenvalue weighted by atomic mass is 10.1. The van der Waals surface area contributed by atoms with Crippen molar-refractivity contribution in [2.45, 2.75) is 6.04 Å². The fourth-order valence-electron chi connectivity index (χ4n) is 1.66. The number of rotatable bonds is 4. The summed E-state index contributed by atoms with van der Waals surface area (Å²) >= 11 is 3.47. The molecule has 2 aromatic carbocycles. The Morgan fingerprint density at radius 1 is 1.06 bits per heavy atom. The summed E-state index contributed by atoms with van der Waals surface area (Å²) in [6, 6.07) is 17.5. The van der Waals surface area contributed by atoms with Crippen LogP contribution in [-0.2, 0) is 0 Å². The highest BCUT2D eigenvalue weighted by molar-refractivity contribution is 9.10. The molecule has 0 aromatic heterocycles. The van der Waals surface area contributed by atoms with Crippen LogP contribution in [0.1, 0.15) is 17.2 Å². The van der Waals surface area contributed by atoms with Gasteiger partial charge in [-0.3, -0.25) is 4.99 Å². The second-order valence-electron chi connectivity index (χ2n) is 3.91. The van der Waals surface area contributed by atoms with Crippen LogP contribution in [0.15, 0.2) is 64.1 Å². The Bertz CT molecular complexity index is 525. The van der Waals surface area contributed by atoms with Crippen molar-refractivity contribution in [2.24, 2.45) is 4.99 Å². The maximum absolute atomic E-state index is 9.40. The zero-order chi connectivity index (χ0) is 12.8. The first-order valence-electron chi connectivity index (χ1n) is 5.75. The molecule has 0 unspecified atom stereocenters. The molecule has 0 heterocycles. The SMILES string of the molecule is OC[C@@H](N=Cc1ccccc1Br)c1ccccc1. The van der Waals surface area contributed by atoms with E-state index in [0.717, 1.165) is 15.6 Å². The van der Waals surface area contributed by atoms with Gasteiger partial charge in [-0.1, -0.05) is 64.5 Å². The topological polar surface area (TPSA) is 32.6 Å². The number of aliphatic hydroxyl groups excluding tert-OH is 1. The highest BCUT2D eigenvalue weighted by Gasteiger charge is 2.06. The van der Waals surface area contributed by atoms with Gasteiger partial charge in [-0.05, 0) is 11.6 Å². The van der Waals surface area contributed by atoms with Crippen LogP contribution in [0.5, 0.6) is 0 Å². The molecule has 2 rings (SSSR count). The van der Waals surface area contributed by atoms with E-state index >= 15 is 0 Å². The van der Waals surface area contributed by atoms with Gasteiger partial charge in [0.1, 0.15) is 0 Å². The van der Waals surface area contributed by atoms with Gasteiger partial charge >= 0.3 is 0 Å². The van der Waals surface area contributed by atoms with Gasteiger partial charge in [0.05, 0.1) is 12.6 Å². The number of halogens is 1. The first kappa shape index (κ1) is 13.0. The second-order valence-corrected chi connectivity index (χ2v) is 4.76. The molecule has 0 saturated carbocycles. The quantitative estimate of drug-likeness (QED) is 0.860. The lowest BCUT2D eigenvalue weighted by Crippen LogP contribution is -2.01. The van der Waals surface area contributed by atoms with Crippen LogP contribution in [0, 0.1) is 0 Å². The van der Waals surface area contributed by atoms with Crippen LogP contribution in [-0.4, -0.2) is 17.9 Å². The largest absolute Gasteiger partial charge is 0.394 e. The monoisotopic (exact) mass is 303 g/mol. The maximum Gasteiger partial charge on any atom is 0.0979 e. The Labute approximate surface area is 115 Å². The van der Waals surface area contributed by atoms with Crippen molar-refractivity contribution in [3.05, 3.63) is 70.2 Å². The number of nitrogens with zero attached hydrogens (tertiary/aromatic N) is 1. The molecular formula is C15H14BrNO. The zero-order valence-corrected chi connectivity index (χ0v) is 11.4. The molecule has 1 N–H and O–H groups in total. The van der Waals surface area contributed by atoms with Crippen molar-refractivity contribution in [1.82, 2.24) is 0 Å². The third-order valence-corrected chi connectivity index (χ3v) is 3.38. The van der Waals surface area contributed by atoms with Gasteiger partial charge in [0.25, 0.3) is 0 Å². The van der Waals surface area contributed by atoms with E-state index in [-0.39, 0.29) is 12.6 Å². The van der Waals surface area contributed by atoms with Crippen molar-refractivity contribution < 1.29 is 5.11 Å². The van der Waals surface area contributed by atoms with E-state index < -0.39 is 0 Å². The smallest absolute Gasteiger partial charge is 0.0979 e. The van der Waals surface area contributed by atoms with Gasteiger partial charge in [0.2, 0.25) is 0 Å². The van der Waals surface area contributed by atoms with Crippen LogP contribution in [0.2, 0.25) is 0 Å². The van der Waals surface area contributed by atoms with E-state index in [1.165, 1.54) is 0 Å². The summed E-state index contributed by atoms with van der Waals surface area (Å²) in [5.41, 5.74) is 2.02. The number of hydrogen-bond donors (Lipinski definition) is 1. The van der Waals surface area contributed by atoms with Gasteiger partial charge in [0, 0.05) is 16.3 Å². The Kier molecular flexibility index (Phi) is 4.67. The number of aliphatic hydroxyl groups is 1. The third kappa shape index (κ3) is 3.28. The average molecular weight is 304 g/mol. The van der Waals surface area contributed by atoms with E-state index in [9.17, 15) is 5.11 Å². The average Bonchev–Trinajstić information content (AvgIpc) is 2.42. The van der Waals surface area contributed by atoms with Crippen LogP contribution in [0.4, 0.5) is 0 Å². The molecule has 0 aliphatic heterocycles. The normalized spacial score (nSPS) is 12.8. The molecule has 0 amide bonds. The predicted molar refractivity (Wildman–Crippen MR) is 78.0 cm³/mol. The van der Waals surface area contributed by atoms with Crippen LogP contribution in [0.25, 0.3) is 0 Å². The van der Waals surface area contributed by atoms with E-state index in [4.69, 9.17) is 0 Å². The molecule has 0 fully saturated rings. The Hall–Kier alpha value is -1.45. The van der Waals surface area contributed by atoms with Crippen LogP contribution in [0.3, 0.4) is 0 Å². The van der Waals surface area contributed by atoms with Gasteiger partial charge in [0.15, 0.2) is 0 Å². The summed E-state index contributed by atoms with van der Waals surface area (Å²) in [5.74, 6) is 0. The molecule has 0 radical (unpaired) electrons. The molecule has 18 heavy (non-hydrogen) atoms. The molecule has 0 spiro atoms. The molecule has 0 aliphatic rings. The highest BCUT2D eigenvalue weighted by Crippen LogP contribution is 2.18. The molecule has 2 aromatic rings. The Morgan fingerprint density at radius 2 is 1.72 bits per heavy atom. The van der Waals surface area contributed by atoms with Crippen molar-refractivity contribution in [2.75, 3.05) is 6.61 Å². The second kappa shape index (κ2) is 6.47. The maximum atomic E-state index is 9.40.